The molecule has 0 atom stereocenters. The van der Waals surface area contributed by atoms with E-state index in [1.165, 1.54) is 0 Å². The highest BCUT2D eigenvalue weighted by Gasteiger charge is 2.26. The van der Waals surface area contributed by atoms with Gasteiger partial charge in [-0.05, 0) is 60.4 Å². The first-order chi connectivity index (χ1) is 13.6. The summed E-state index contributed by atoms with van der Waals surface area (Å²) in [7, 11) is 0. The van der Waals surface area contributed by atoms with Crippen LogP contribution in [0.4, 0.5) is 17.1 Å². The van der Waals surface area contributed by atoms with Crippen molar-refractivity contribution in [2.75, 3.05) is 17.2 Å². The number of hydrogen-bond donors (Lipinski definition) is 1. The number of amides is 1. The molecule has 0 bridgehead atoms. The van der Waals surface area contributed by atoms with Gasteiger partial charge >= 0.3 is 5.97 Å². The Balaban J connectivity index is 1.60. The molecule has 0 unspecified atom stereocenters. The predicted molar refractivity (Wildman–Crippen MR) is 109 cm³/mol. The topological polar surface area (TPSA) is 72.6 Å². The van der Waals surface area contributed by atoms with Gasteiger partial charge in [-0.3, -0.25) is 9.69 Å². The van der Waals surface area contributed by atoms with Crippen LogP contribution in [0.25, 0.3) is 0 Å². The molecule has 0 saturated heterocycles. The molecular formula is C23H20N2O3. The van der Waals surface area contributed by atoms with E-state index >= 15 is 0 Å². The fourth-order valence-electron chi connectivity index (χ4n) is 3.44. The highest BCUT2D eigenvalue weighted by molar-refractivity contribution is 6.04. The Labute approximate surface area is 163 Å². The molecule has 0 aliphatic carbocycles. The minimum Gasteiger partial charge on any atom is -0.452 e. The molecule has 1 heterocycles. The second kappa shape index (κ2) is 7.56. The summed E-state index contributed by atoms with van der Waals surface area (Å²) in [5.41, 5.74) is 10.4. The number of nitrogens with two attached hydrogens (primary N) is 1. The van der Waals surface area contributed by atoms with E-state index in [9.17, 15) is 9.59 Å². The average molecular weight is 372 g/mol. The van der Waals surface area contributed by atoms with Gasteiger partial charge in [0.15, 0.2) is 6.61 Å². The van der Waals surface area contributed by atoms with E-state index in [0.717, 1.165) is 35.3 Å². The number of nitrogen functional groups attached to an aromatic ring is 1. The van der Waals surface area contributed by atoms with Crippen molar-refractivity contribution in [3.8, 4) is 0 Å². The highest BCUT2D eigenvalue weighted by Crippen LogP contribution is 2.35. The number of benzene rings is 3. The van der Waals surface area contributed by atoms with Crippen LogP contribution in [-0.2, 0) is 22.4 Å². The lowest BCUT2D eigenvalue weighted by Crippen LogP contribution is -2.31. The largest absolute Gasteiger partial charge is 0.452 e. The first kappa shape index (κ1) is 17.8. The van der Waals surface area contributed by atoms with E-state index < -0.39 is 5.97 Å². The summed E-state index contributed by atoms with van der Waals surface area (Å²) in [6.45, 7) is -0.341. The van der Waals surface area contributed by atoms with Crippen LogP contribution in [0, 0.1) is 0 Å². The van der Waals surface area contributed by atoms with Gasteiger partial charge in [-0.1, -0.05) is 36.4 Å². The SMILES string of the molecule is Nc1ccc(C(=O)OCC(=O)N2c3ccccc3CCc3ccccc32)cc1. The molecule has 2 N–H and O–H groups in total. The predicted octanol–water partition coefficient (Wildman–Crippen LogP) is 3.89. The highest BCUT2D eigenvalue weighted by atomic mass is 16.5. The van der Waals surface area contributed by atoms with Crippen LogP contribution in [0.15, 0.2) is 72.8 Å². The van der Waals surface area contributed by atoms with Crippen molar-refractivity contribution < 1.29 is 14.3 Å². The monoisotopic (exact) mass is 372 g/mol. The second-order valence-electron chi connectivity index (χ2n) is 6.68. The molecule has 1 amide bonds. The number of anilines is 3. The number of fused-ring (bicyclic) bond motifs is 2. The molecule has 4 rings (SSSR count). The lowest BCUT2D eigenvalue weighted by Gasteiger charge is -2.24. The summed E-state index contributed by atoms with van der Waals surface area (Å²) in [4.78, 5) is 27.0. The number of rotatable bonds is 3. The van der Waals surface area contributed by atoms with Crippen molar-refractivity contribution in [2.45, 2.75) is 12.8 Å². The van der Waals surface area contributed by atoms with Gasteiger partial charge in [-0.25, -0.2) is 4.79 Å². The van der Waals surface area contributed by atoms with Crippen LogP contribution >= 0.6 is 0 Å². The van der Waals surface area contributed by atoms with Crippen molar-refractivity contribution in [1.82, 2.24) is 0 Å². The Morgan fingerprint density at radius 2 is 1.36 bits per heavy atom. The fourth-order valence-corrected chi connectivity index (χ4v) is 3.44. The molecule has 1 aliphatic heterocycles. The zero-order valence-corrected chi connectivity index (χ0v) is 15.3. The number of ether oxygens (including phenoxy) is 1. The number of esters is 1. The van der Waals surface area contributed by atoms with Gasteiger partial charge in [-0.2, -0.15) is 0 Å². The Morgan fingerprint density at radius 1 is 0.821 bits per heavy atom. The minimum atomic E-state index is -0.551. The van der Waals surface area contributed by atoms with E-state index in [2.05, 4.69) is 0 Å². The van der Waals surface area contributed by atoms with Crippen molar-refractivity contribution in [3.63, 3.8) is 0 Å². The first-order valence-corrected chi connectivity index (χ1v) is 9.15. The van der Waals surface area contributed by atoms with Crippen LogP contribution in [0.1, 0.15) is 21.5 Å². The maximum Gasteiger partial charge on any atom is 0.338 e. The third-order valence-electron chi connectivity index (χ3n) is 4.85. The molecule has 3 aromatic carbocycles. The summed E-state index contributed by atoms with van der Waals surface area (Å²) >= 11 is 0. The molecular weight excluding hydrogens is 352 g/mol. The number of hydrogen-bond acceptors (Lipinski definition) is 4. The van der Waals surface area contributed by atoms with Crippen molar-refractivity contribution in [2.24, 2.45) is 0 Å². The Kier molecular flexibility index (Phi) is 4.81. The van der Waals surface area contributed by atoms with Gasteiger partial charge in [0.05, 0.1) is 16.9 Å². The number of aryl methyl sites for hydroxylation is 2. The number of carbonyl (C=O) groups excluding carboxylic acids is 2. The van der Waals surface area contributed by atoms with Crippen molar-refractivity contribution >= 4 is 28.9 Å². The standard InChI is InChI=1S/C23H20N2O3/c24-19-13-11-18(12-14-19)23(27)28-15-22(26)25-20-7-3-1-5-16(20)9-10-17-6-2-4-8-21(17)25/h1-8,11-14H,9-10,15,24H2. The normalized spacial score (nSPS) is 12.5. The van der Waals surface area contributed by atoms with Gasteiger partial charge in [0.1, 0.15) is 0 Å². The van der Waals surface area contributed by atoms with E-state index in [4.69, 9.17) is 10.5 Å². The van der Waals surface area contributed by atoms with Crippen molar-refractivity contribution in [1.29, 1.82) is 0 Å². The molecule has 5 nitrogen and oxygen atoms in total. The number of carbonyl (C=O) groups is 2. The Morgan fingerprint density at radius 3 is 1.93 bits per heavy atom. The molecule has 140 valence electrons. The lowest BCUT2D eigenvalue weighted by molar-refractivity contribution is -0.120. The average Bonchev–Trinajstić information content (AvgIpc) is 2.89. The van der Waals surface area contributed by atoms with E-state index in [1.54, 1.807) is 29.2 Å². The molecule has 28 heavy (non-hydrogen) atoms. The van der Waals surface area contributed by atoms with Crippen LogP contribution < -0.4 is 10.6 Å². The van der Waals surface area contributed by atoms with Gasteiger partial charge < -0.3 is 10.5 Å². The van der Waals surface area contributed by atoms with Gasteiger partial charge in [0.2, 0.25) is 0 Å². The van der Waals surface area contributed by atoms with Gasteiger partial charge in [-0.15, -0.1) is 0 Å². The minimum absolute atomic E-state index is 0.286. The fraction of sp³-hybridized carbons (Fsp3) is 0.130. The summed E-state index contributed by atoms with van der Waals surface area (Å²) < 4.78 is 5.28. The molecule has 0 saturated carbocycles. The zero-order valence-electron chi connectivity index (χ0n) is 15.3. The summed E-state index contributed by atoms with van der Waals surface area (Å²) in [5, 5.41) is 0. The zero-order chi connectivity index (χ0) is 19.5. The maximum absolute atomic E-state index is 13.1. The summed E-state index contributed by atoms with van der Waals surface area (Å²) in [6, 6.07) is 22.1. The lowest BCUT2D eigenvalue weighted by atomic mass is 10.0. The Bertz CT molecular complexity index is 981. The van der Waals surface area contributed by atoms with Crippen LogP contribution in [-0.4, -0.2) is 18.5 Å². The summed E-state index contributed by atoms with van der Waals surface area (Å²) in [5.74, 6) is -0.838. The van der Waals surface area contributed by atoms with Crippen LogP contribution in [0.2, 0.25) is 0 Å². The molecule has 1 aliphatic rings. The van der Waals surface area contributed by atoms with Gasteiger partial charge in [0.25, 0.3) is 5.91 Å². The van der Waals surface area contributed by atoms with E-state index in [1.807, 2.05) is 48.5 Å². The van der Waals surface area contributed by atoms with Crippen LogP contribution in [0.5, 0.6) is 0 Å². The molecule has 0 aromatic heterocycles. The smallest absolute Gasteiger partial charge is 0.338 e. The van der Waals surface area contributed by atoms with Crippen molar-refractivity contribution in [3.05, 3.63) is 89.5 Å². The first-order valence-electron chi connectivity index (χ1n) is 9.15. The molecule has 0 radical (unpaired) electrons. The van der Waals surface area contributed by atoms with Gasteiger partial charge in [0, 0.05) is 5.69 Å². The second-order valence-corrected chi connectivity index (χ2v) is 6.68. The Hall–Kier alpha value is -3.60. The van der Waals surface area contributed by atoms with E-state index in [0.29, 0.717) is 11.3 Å². The number of para-hydroxylation sites is 2. The number of nitrogens with zero attached hydrogens (tertiary/aromatic N) is 1. The van der Waals surface area contributed by atoms with E-state index in [-0.39, 0.29) is 12.5 Å². The molecule has 3 aromatic rings. The molecule has 0 spiro atoms. The third kappa shape index (κ3) is 3.47. The maximum atomic E-state index is 13.1. The van der Waals surface area contributed by atoms with Crippen LogP contribution in [0.3, 0.4) is 0 Å². The molecule has 0 fully saturated rings. The molecule has 5 heteroatoms. The summed E-state index contributed by atoms with van der Waals surface area (Å²) in [6.07, 6.45) is 1.70. The third-order valence-corrected chi connectivity index (χ3v) is 4.85. The quantitative estimate of drug-likeness (QED) is 0.559.